The van der Waals surface area contributed by atoms with E-state index in [1.807, 2.05) is 23.8 Å². The van der Waals surface area contributed by atoms with Crippen LogP contribution in [0, 0.1) is 0 Å². The molecule has 98 valence electrons. The lowest BCUT2D eigenvalue weighted by molar-refractivity contribution is -0.154. The van der Waals surface area contributed by atoms with Crippen LogP contribution in [-0.4, -0.2) is 28.3 Å². The molecule has 1 aromatic heterocycles. The van der Waals surface area contributed by atoms with Crippen LogP contribution in [0.1, 0.15) is 32.8 Å². The van der Waals surface area contributed by atoms with E-state index in [9.17, 15) is 9.59 Å². The van der Waals surface area contributed by atoms with Gasteiger partial charge in [0.25, 0.3) is 0 Å². The van der Waals surface area contributed by atoms with E-state index in [1.165, 1.54) is 0 Å². The molecule has 1 saturated heterocycles. The summed E-state index contributed by atoms with van der Waals surface area (Å²) in [6.45, 7) is 5.98. The lowest BCUT2D eigenvalue weighted by Crippen LogP contribution is -2.67. The molecule has 1 N–H and O–H groups in total. The summed E-state index contributed by atoms with van der Waals surface area (Å²) in [6.07, 6.45) is 0.602. The van der Waals surface area contributed by atoms with Gasteiger partial charge in [0.1, 0.15) is 11.6 Å². The Hall–Kier alpha value is -1.36. The van der Waals surface area contributed by atoms with Crippen LogP contribution in [0.15, 0.2) is 16.8 Å². The normalized spacial score (nSPS) is 28.4. The lowest BCUT2D eigenvalue weighted by atomic mass is 9.92. The second-order valence-electron chi connectivity index (χ2n) is 4.92. The van der Waals surface area contributed by atoms with Gasteiger partial charge in [-0.15, -0.1) is 0 Å². The molecule has 2 amide bonds. The second kappa shape index (κ2) is 4.72. The van der Waals surface area contributed by atoms with Crippen molar-refractivity contribution in [3.63, 3.8) is 0 Å². The van der Waals surface area contributed by atoms with Crippen molar-refractivity contribution in [2.75, 3.05) is 0 Å². The van der Waals surface area contributed by atoms with Crippen LogP contribution in [0.2, 0.25) is 0 Å². The number of amides is 2. The van der Waals surface area contributed by atoms with E-state index in [0.717, 1.165) is 5.56 Å². The second-order valence-corrected chi connectivity index (χ2v) is 5.70. The fraction of sp³-hybridized carbons (Fsp3) is 0.538. The number of nitrogens with zero attached hydrogens (tertiary/aromatic N) is 1. The largest absolute Gasteiger partial charge is 0.340 e. The van der Waals surface area contributed by atoms with Gasteiger partial charge >= 0.3 is 0 Å². The van der Waals surface area contributed by atoms with Crippen LogP contribution in [0.4, 0.5) is 0 Å². The van der Waals surface area contributed by atoms with Crippen LogP contribution in [0.3, 0.4) is 0 Å². The molecule has 4 nitrogen and oxygen atoms in total. The number of rotatable bonds is 3. The average molecular weight is 266 g/mol. The molecule has 18 heavy (non-hydrogen) atoms. The molecule has 2 rings (SSSR count). The summed E-state index contributed by atoms with van der Waals surface area (Å²) in [6, 6.07) is 1.58. The maximum atomic E-state index is 12.5. The van der Waals surface area contributed by atoms with Gasteiger partial charge < -0.3 is 10.2 Å². The highest BCUT2D eigenvalue weighted by Gasteiger charge is 2.45. The number of hydrogen-bond donors (Lipinski definition) is 1. The highest BCUT2D eigenvalue weighted by Crippen LogP contribution is 2.23. The van der Waals surface area contributed by atoms with Gasteiger partial charge in [-0.05, 0) is 42.7 Å². The summed E-state index contributed by atoms with van der Waals surface area (Å²) in [7, 11) is 0. The molecule has 0 radical (unpaired) electrons. The van der Waals surface area contributed by atoms with Crippen LogP contribution < -0.4 is 5.32 Å². The molecule has 1 fully saturated rings. The van der Waals surface area contributed by atoms with Crippen molar-refractivity contribution in [1.82, 2.24) is 10.2 Å². The minimum Gasteiger partial charge on any atom is -0.340 e. The Morgan fingerprint density at radius 1 is 1.50 bits per heavy atom. The van der Waals surface area contributed by atoms with Gasteiger partial charge in [0.15, 0.2) is 0 Å². The number of piperazine rings is 1. The Kier molecular flexibility index (Phi) is 3.43. The van der Waals surface area contributed by atoms with E-state index in [-0.39, 0.29) is 11.8 Å². The summed E-state index contributed by atoms with van der Waals surface area (Å²) >= 11 is 1.60. The van der Waals surface area contributed by atoms with E-state index in [2.05, 4.69) is 5.32 Å². The monoisotopic (exact) mass is 266 g/mol. The van der Waals surface area contributed by atoms with Crippen molar-refractivity contribution in [2.45, 2.75) is 45.3 Å². The van der Waals surface area contributed by atoms with E-state index >= 15 is 0 Å². The molecule has 0 aliphatic carbocycles. The maximum absolute atomic E-state index is 12.5. The van der Waals surface area contributed by atoms with Crippen molar-refractivity contribution >= 4 is 23.2 Å². The first-order valence-corrected chi connectivity index (χ1v) is 7.06. The predicted molar refractivity (Wildman–Crippen MR) is 71.2 cm³/mol. The molecule has 2 heterocycles. The fourth-order valence-electron chi connectivity index (χ4n) is 2.09. The molecule has 0 aromatic carbocycles. The Morgan fingerprint density at radius 2 is 2.22 bits per heavy atom. The van der Waals surface area contributed by atoms with Gasteiger partial charge in [-0.2, -0.15) is 11.3 Å². The number of carbonyl (C=O) groups excluding carboxylic acids is 2. The van der Waals surface area contributed by atoms with E-state index in [0.29, 0.717) is 13.0 Å². The molecule has 1 aliphatic rings. The van der Waals surface area contributed by atoms with E-state index in [1.54, 1.807) is 30.1 Å². The smallest absolute Gasteiger partial charge is 0.248 e. The summed E-state index contributed by atoms with van der Waals surface area (Å²) in [5.41, 5.74) is 0.313. The van der Waals surface area contributed by atoms with Crippen molar-refractivity contribution in [2.24, 2.45) is 0 Å². The third kappa shape index (κ3) is 2.14. The van der Waals surface area contributed by atoms with Crippen molar-refractivity contribution < 1.29 is 9.59 Å². The highest BCUT2D eigenvalue weighted by molar-refractivity contribution is 7.07. The molecule has 0 bridgehead atoms. The zero-order chi connectivity index (χ0) is 13.3. The third-order valence-electron chi connectivity index (χ3n) is 3.62. The summed E-state index contributed by atoms with van der Waals surface area (Å²) < 4.78 is 0. The minimum absolute atomic E-state index is 0.00306. The number of carbonyl (C=O) groups is 2. The predicted octanol–water partition coefficient (Wildman–Crippen LogP) is 1.76. The van der Waals surface area contributed by atoms with Gasteiger partial charge in [-0.3, -0.25) is 9.59 Å². The van der Waals surface area contributed by atoms with Gasteiger partial charge in [-0.25, -0.2) is 0 Å². The van der Waals surface area contributed by atoms with Crippen LogP contribution in [0.5, 0.6) is 0 Å². The third-order valence-corrected chi connectivity index (χ3v) is 4.35. The first-order chi connectivity index (χ1) is 8.48. The lowest BCUT2D eigenvalue weighted by Gasteiger charge is -2.42. The van der Waals surface area contributed by atoms with Crippen LogP contribution >= 0.6 is 11.3 Å². The fourth-order valence-corrected chi connectivity index (χ4v) is 2.75. The molecule has 1 aromatic rings. The molecule has 0 spiro atoms. The Balaban J connectivity index is 2.25. The molecule has 5 heteroatoms. The zero-order valence-corrected chi connectivity index (χ0v) is 11.7. The van der Waals surface area contributed by atoms with Gasteiger partial charge in [0, 0.05) is 6.54 Å². The Morgan fingerprint density at radius 3 is 2.78 bits per heavy atom. The van der Waals surface area contributed by atoms with Gasteiger partial charge in [0.05, 0.1) is 0 Å². The zero-order valence-electron chi connectivity index (χ0n) is 10.9. The molecule has 0 saturated carbocycles. The summed E-state index contributed by atoms with van der Waals surface area (Å²) in [5.74, 6) is -0.0718. The van der Waals surface area contributed by atoms with Crippen LogP contribution in [-0.2, 0) is 16.1 Å². The average Bonchev–Trinajstić information content (AvgIpc) is 2.85. The number of nitrogens with one attached hydrogen (secondary N) is 1. The van der Waals surface area contributed by atoms with E-state index in [4.69, 9.17) is 0 Å². The molecule has 2 unspecified atom stereocenters. The SMILES string of the molecule is CCC1(C)NC(=O)C(C)N(Cc2ccsc2)C1=O. The quantitative estimate of drug-likeness (QED) is 0.906. The summed E-state index contributed by atoms with van der Waals surface area (Å²) in [5, 5.41) is 6.81. The maximum Gasteiger partial charge on any atom is 0.248 e. The molecule has 1 aliphatic heterocycles. The summed E-state index contributed by atoms with van der Waals surface area (Å²) in [4.78, 5) is 26.1. The first kappa shape index (κ1) is 13.1. The Labute approximate surface area is 111 Å². The first-order valence-electron chi connectivity index (χ1n) is 6.12. The Bertz CT molecular complexity index is 458. The van der Waals surface area contributed by atoms with Gasteiger partial charge in [-0.1, -0.05) is 6.92 Å². The molecule has 2 atom stereocenters. The van der Waals surface area contributed by atoms with Crippen molar-refractivity contribution in [3.05, 3.63) is 22.4 Å². The number of thiophene rings is 1. The minimum atomic E-state index is -0.764. The van der Waals surface area contributed by atoms with E-state index < -0.39 is 11.6 Å². The number of hydrogen-bond acceptors (Lipinski definition) is 3. The molecular formula is C13H18N2O2S. The van der Waals surface area contributed by atoms with Crippen LogP contribution in [0.25, 0.3) is 0 Å². The van der Waals surface area contributed by atoms with Crippen molar-refractivity contribution in [1.29, 1.82) is 0 Å². The highest BCUT2D eigenvalue weighted by atomic mass is 32.1. The van der Waals surface area contributed by atoms with Crippen molar-refractivity contribution in [3.8, 4) is 0 Å². The standard InChI is InChI=1S/C13H18N2O2S/c1-4-13(3)12(17)15(9(2)11(16)14-13)7-10-5-6-18-8-10/h5-6,8-9H,4,7H2,1-3H3,(H,14,16). The van der Waals surface area contributed by atoms with Gasteiger partial charge in [0.2, 0.25) is 11.8 Å². The topological polar surface area (TPSA) is 49.4 Å². The molecular weight excluding hydrogens is 248 g/mol.